The second kappa shape index (κ2) is 8.45. The predicted octanol–water partition coefficient (Wildman–Crippen LogP) is 3.36. The highest BCUT2D eigenvalue weighted by Crippen LogP contribution is 2.20. The maximum Gasteiger partial charge on any atom is 0.575 e. The van der Waals surface area contributed by atoms with Gasteiger partial charge in [-0.2, -0.15) is 9.97 Å². The summed E-state index contributed by atoms with van der Waals surface area (Å²) in [7, 11) is 0. The van der Waals surface area contributed by atoms with Crippen LogP contribution >= 0.6 is 0 Å². The first-order chi connectivity index (χ1) is 13.0. The van der Waals surface area contributed by atoms with Crippen LogP contribution in [0.15, 0.2) is 36.7 Å². The standard InChI is InChI=1S/C15H8F6N4O3/c16-14(17,18)27-12-6-8-22-11(25-12)4-3-10(26)2-1-9-5-7-23-13(24-9)28-15(19,20)21/h1-8H/b2-1+,4-3+. The van der Waals surface area contributed by atoms with Gasteiger partial charge in [-0.25, -0.2) is 9.97 Å². The van der Waals surface area contributed by atoms with Crippen LogP contribution in [0, 0.1) is 0 Å². The molecule has 0 radical (unpaired) electrons. The molecule has 0 aromatic carbocycles. The zero-order chi connectivity index (χ0) is 20.8. The van der Waals surface area contributed by atoms with Crippen molar-refractivity contribution in [1.82, 2.24) is 19.9 Å². The summed E-state index contributed by atoms with van der Waals surface area (Å²) >= 11 is 0. The number of ketones is 1. The van der Waals surface area contributed by atoms with Crippen LogP contribution in [0.5, 0.6) is 11.9 Å². The van der Waals surface area contributed by atoms with E-state index >= 15 is 0 Å². The SMILES string of the molecule is O=C(/C=C/c1ccnc(OC(F)(F)F)n1)/C=C/c1nccc(OC(F)(F)F)n1. The third-order valence-corrected chi connectivity index (χ3v) is 2.55. The van der Waals surface area contributed by atoms with E-state index in [-0.39, 0.29) is 11.5 Å². The Morgan fingerprint density at radius 3 is 2.18 bits per heavy atom. The molecular formula is C15H8F6N4O3. The van der Waals surface area contributed by atoms with Gasteiger partial charge in [-0.1, -0.05) is 0 Å². The second-order valence-electron chi connectivity index (χ2n) is 4.68. The average molecular weight is 406 g/mol. The van der Waals surface area contributed by atoms with Crippen LogP contribution in [0.3, 0.4) is 0 Å². The topological polar surface area (TPSA) is 87.1 Å². The van der Waals surface area contributed by atoms with E-state index in [1.165, 1.54) is 6.07 Å². The highest BCUT2D eigenvalue weighted by molar-refractivity contribution is 6.04. The monoisotopic (exact) mass is 406 g/mol. The van der Waals surface area contributed by atoms with Gasteiger partial charge in [0.2, 0.25) is 5.88 Å². The van der Waals surface area contributed by atoms with E-state index in [9.17, 15) is 31.1 Å². The molecule has 13 heteroatoms. The molecule has 0 atom stereocenters. The molecule has 0 saturated carbocycles. The Kier molecular flexibility index (Phi) is 6.28. The molecule has 0 amide bonds. The zero-order valence-corrected chi connectivity index (χ0v) is 13.4. The Morgan fingerprint density at radius 1 is 0.857 bits per heavy atom. The Morgan fingerprint density at radius 2 is 1.50 bits per heavy atom. The fourth-order valence-electron chi connectivity index (χ4n) is 1.59. The quantitative estimate of drug-likeness (QED) is 0.537. The second-order valence-corrected chi connectivity index (χ2v) is 4.68. The largest absolute Gasteiger partial charge is 0.575 e. The van der Waals surface area contributed by atoms with Gasteiger partial charge < -0.3 is 9.47 Å². The van der Waals surface area contributed by atoms with Crippen molar-refractivity contribution >= 4 is 17.9 Å². The van der Waals surface area contributed by atoms with Crippen LogP contribution in [-0.2, 0) is 4.79 Å². The molecule has 2 aromatic rings. The maximum atomic E-state index is 12.1. The molecule has 0 saturated heterocycles. The molecule has 0 spiro atoms. The minimum Gasteiger partial charge on any atom is -0.388 e. The summed E-state index contributed by atoms with van der Waals surface area (Å²) in [6.45, 7) is 0. The molecule has 0 fully saturated rings. The average Bonchev–Trinajstić information content (AvgIpc) is 2.56. The molecule has 7 nitrogen and oxygen atoms in total. The number of carbonyl (C=O) groups is 1. The first-order valence-electron chi connectivity index (χ1n) is 7.08. The molecule has 0 aliphatic rings. The van der Waals surface area contributed by atoms with E-state index in [0.717, 1.165) is 42.8 Å². The summed E-state index contributed by atoms with van der Waals surface area (Å²) in [5.41, 5.74) is -0.0483. The molecule has 0 aliphatic heterocycles. The number of halogens is 6. The third-order valence-electron chi connectivity index (χ3n) is 2.55. The van der Waals surface area contributed by atoms with Gasteiger partial charge in [-0.15, -0.1) is 26.3 Å². The molecule has 148 valence electrons. The minimum absolute atomic E-state index is 0.0483. The van der Waals surface area contributed by atoms with Gasteiger partial charge in [0.05, 0.1) is 5.69 Å². The van der Waals surface area contributed by atoms with Crippen LogP contribution in [0.1, 0.15) is 11.5 Å². The van der Waals surface area contributed by atoms with Gasteiger partial charge in [0.1, 0.15) is 0 Å². The number of carbonyl (C=O) groups excluding carboxylic acids is 1. The van der Waals surface area contributed by atoms with Crippen molar-refractivity contribution in [2.45, 2.75) is 12.7 Å². The van der Waals surface area contributed by atoms with Gasteiger partial charge in [-0.3, -0.25) is 4.79 Å². The van der Waals surface area contributed by atoms with Gasteiger partial charge in [-0.05, 0) is 30.4 Å². The Balaban J connectivity index is 2.02. The van der Waals surface area contributed by atoms with Crippen molar-refractivity contribution in [2.24, 2.45) is 0 Å². The maximum absolute atomic E-state index is 12.1. The molecular weight excluding hydrogens is 398 g/mol. The fourth-order valence-corrected chi connectivity index (χ4v) is 1.59. The summed E-state index contributed by atoms with van der Waals surface area (Å²) < 4.78 is 79.8. The molecule has 0 unspecified atom stereocenters. The lowest BCUT2D eigenvalue weighted by Gasteiger charge is -2.07. The number of hydrogen-bond donors (Lipinski definition) is 0. The lowest BCUT2D eigenvalue weighted by molar-refractivity contribution is -0.278. The fraction of sp³-hybridized carbons (Fsp3) is 0.133. The lowest BCUT2D eigenvalue weighted by Crippen LogP contribution is -2.18. The van der Waals surface area contributed by atoms with Crippen molar-refractivity contribution < 1.29 is 40.6 Å². The number of rotatable bonds is 6. The predicted molar refractivity (Wildman–Crippen MR) is 80.5 cm³/mol. The number of hydrogen-bond acceptors (Lipinski definition) is 7. The van der Waals surface area contributed by atoms with Crippen molar-refractivity contribution in [3.8, 4) is 11.9 Å². The van der Waals surface area contributed by atoms with Crippen molar-refractivity contribution in [3.63, 3.8) is 0 Å². The first-order valence-corrected chi connectivity index (χ1v) is 7.08. The summed E-state index contributed by atoms with van der Waals surface area (Å²) in [5.74, 6) is -1.66. The number of ether oxygens (including phenoxy) is 2. The summed E-state index contributed by atoms with van der Waals surface area (Å²) in [6.07, 6.45) is -3.92. The Labute approximate surface area is 152 Å². The first kappa shape index (κ1) is 20.8. The van der Waals surface area contributed by atoms with Crippen molar-refractivity contribution in [2.75, 3.05) is 0 Å². The molecule has 0 aliphatic carbocycles. The lowest BCUT2D eigenvalue weighted by atomic mass is 10.3. The van der Waals surface area contributed by atoms with E-state index in [0.29, 0.717) is 0 Å². The molecule has 0 bridgehead atoms. The molecule has 2 aromatic heterocycles. The van der Waals surface area contributed by atoms with Gasteiger partial charge in [0.15, 0.2) is 11.6 Å². The summed E-state index contributed by atoms with van der Waals surface area (Å²) in [5, 5.41) is 0. The van der Waals surface area contributed by atoms with Crippen LogP contribution in [-0.4, -0.2) is 38.4 Å². The zero-order valence-electron chi connectivity index (χ0n) is 13.4. The molecule has 0 N–H and O–H groups in total. The minimum atomic E-state index is -4.97. The summed E-state index contributed by atoms with van der Waals surface area (Å²) in [4.78, 5) is 25.5. The number of alkyl halides is 6. The molecule has 2 rings (SSSR count). The van der Waals surface area contributed by atoms with Gasteiger partial charge >= 0.3 is 18.7 Å². The third kappa shape index (κ3) is 7.80. The van der Waals surface area contributed by atoms with Gasteiger partial charge in [0, 0.05) is 18.5 Å². The van der Waals surface area contributed by atoms with E-state index < -0.39 is 30.4 Å². The Hall–Kier alpha value is -3.51. The Bertz CT molecular complexity index is 824. The number of nitrogens with zero attached hydrogens (tertiary/aromatic N) is 4. The number of allylic oxidation sites excluding steroid dienone is 2. The normalized spacial score (nSPS) is 12.5. The van der Waals surface area contributed by atoms with E-state index in [2.05, 4.69) is 29.4 Å². The number of aromatic nitrogens is 4. The van der Waals surface area contributed by atoms with Crippen LogP contribution < -0.4 is 9.47 Å². The van der Waals surface area contributed by atoms with Crippen LogP contribution in [0.25, 0.3) is 12.2 Å². The highest BCUT2D eigenvalue weighted by Gasteiger charge is 2.32. The summed E-state index contributed by atoms with van der Waals surface area (Å²) in [6, 6.07) is 1.15. The molecule has 2 heterocycles. The van der Waals surface area contributed by atoms with Crippen LogP contribution in [0.4, 0.5) is 26.3 Å². The van der Waals surface area contributed by atoms with E-state index in [4.69, 9.17) is 0 Å². The van der Waals surface area contributed by atoms with Gasteiger partial charge in [0.25, 0.3) is 0 Å². The van der Waals surface area contributed by atoms with Crippen LogP contribution in [0.2, 0.25) is 0 Å². The smallest absolute Gasteiger partial charge is 0.388 e. The van der Waals surface area contributed by atoms with E-state index in [1.54, 1.807) is 0 Å². The van der Waals surface area contributed by atoms with E-state index in [1.807, 2.05) is 0 Å². The van der Waals surface area contributed by atoms with Crippen molar-refractivity contribution in [3.05, 3.63) is 48.2 Å². The molecule has 28 heavy (non-hydrogen) atoms. The van der Waals surface area contributed by atoms with Crippen molar-refractivity contribution in [1.29, 1.82) is 0 Å². The highest BCUT2D eigenvalue weighted by atomic mass is 19.4.